The fourth-order valence-electron chi connectivity index (χ4n) is 1.73. The van der Waals surface area contributed by atoms with Crippen molar-refractivity contribution >= 4 is 11.8 Å². The largest absolute Gasteiger partial charge is 0.311 e. The number of aromatic nitrogens is 2. The van der Waals surface area contributed by atoms with E-state index in [2.05, 4.69) is 29.1 Å². The average Bonchev–Trinajstić information content (AvgIpc) is 2.26. The summed E-state index contributed by atoms with van der Waals surface area (Å²) in [5.41, 5.74) is 1.83. The van der Waals surface area contributed by atoms with Crippen LogP contribution in [-0.4, -0.2) is 21.8 Å². The highest BCUT2D eigenvalue weighted by Gasteiger charge is 2.14. The molecule has 0 fully saturated rings. The van der Waals surface area contributed by atoms with Gasteiger partial charge in [0, 0.05) is 12.1 Å². The number of nitrogens with one attached hydrogen (secondary N) is 2. The summed E-state index contributed by atoms with van der Waals surface area (Å²) in [4.78, 5) is 19.2. The molecule has 0 spiro atoms. The van der Waals surface area contributed by atoms with E-state index >= 15 is 0 Å². The molecule has 2 heterocycles. The molecule has 0 amide bonds. The summed E-state index contributed by atoms with van der Waals surface area (Å²) in [6.45, 7) is 5.88. The molecule has 0 radical (unpaired) electrons. The van der Waals surface area contributed by atoms with Gasteiger partial charge in [0.1, 0.15) is 5.82 Å². The third-order valence-corrected chi connectivity index (χ3v) is 3.65. The maximum absolute atomic E-state index is 11.8. The fraction of sp³-hybridized carbons (Fsp3) is 0.636. The van der Waals surface area contributed by atoms with Crippen LogP contribution in [0.4, 0.5) is 0 Å². The molecular formula is C11H17N3OS. The van der Waals surface area contributed by atoms with Gasteiger partial charge in [0.05, 0.1) is 11.4 Å². The Hall–Kier alpha value is -0.810. The summed E-state index contributed by atoms with van der Waals surface area (Å²) in [7, 11) is 0. The van der Waals surface area contributed by atoms with E-state index in [1.54, 1.807) is 11.8 Å². The highest BCUT2D eigenvalue weighted by Crippen LogP contribution is 2.15. The van der Waals surface area contributed by atoms with Crippen LogP contribution < -0.4 is 10.9 Å². The lowest BCUT2D eigenvalue weighted by molar-refractivity contribution is 0.614. The SMILES string of the molecule is CC(C)SCc1nc2c(c(=O)[nH]1)CCNC2. The quantitative estimate of drug-likeness (QED) is 0.828. The molecule has 0 saturated carbocycles. The van der Waals surface area contributed by atoms with Crippen molar-refractivity contribution in [3.8, 4) is 0 Å². The Bertz CT molecular complexity index is 428. The first kappa shape index (κ1) is 11.7. The summed E-state index contributed by atoms with van der Waals surface area (Å²) < 4.78 is 0. The van der Waals surface area contributed by atoms with Crippen molar-refractivity contribution in [1.29, 1.82) is 0 Å². The normalized spacial score (nSPS) is 15.2. The molecule has 88 valence electrons. The second kappa shape index (κ2) is 5.01. The first-order valence-electron chi connectivity index (χ1n) is 5.60. The van der Waals surface area contributed by atoms with Gasteiger partial charge in [0.25, 0.3) is 5.56 Å². The van der Waals surface area contributed by atoms with E-state index < -0.39 is 0 Å². The summed E-state index contributed by atoms with van der Waals surface area (Å²) >= 11 is 1.79. The van der Waals surface area contributed by atoms with Gasteiger partial charge in [-0.3, -0.25) is 4.79 Å². The van der Waals surface area contributed by atoms with Crippen LogP contribution in [0.25, 0.3) is 0 Å². The smallest absolute Gasteiger partial charge is 0.254 e. The van der Waals surface area contributed by atoms with E-state index in [1.165, 1.54) is 0 Å². The maximum Gasteiger partial charge on any atom is 0.254 e. The Morgan fingerprint density at radius 2 is 2.31 bits per heavy atom. The van der Waals surface area contributed by atoms with Crippen molar-refractivity contribution in [3.63, 3.8) is 0 Å². The molecule has 2 N–H and O–H groups in total. The van der Waals surface area contributed by atoms with Gasteiger partial charge in [-0.25, -0.2) is 4.98 Å². The second-order valence-electron chi connectivity index (χ2n) is 4.22. The molecule has 0 atom stereocenters. The molecule has 1 aromatic heterocycles. The number of nitrogens with zero attached hydrogens (tertiary/aromatic N) is 1. The molecule has 1 aliphatic heterocycles. The fourth-order valence-corrected chi connectivity index (χ4v) is 2.36. The van der Waals surface area contributed by atoms with E-state index in [0.29, 0.717) is 5.25 Å². The Labute approximate surface area is 99.3 Å². The van der Waals surface area contributed by atoms with E-state index in [9.17, 15) is 4.79 Å². The zero-order valence-corrected chi connectivity index (χ0v) is 10.5. The minimum Gasteiger partial charge on any atom is -0.311 e. The van der Waals surface area contributed by atoms with Crippen LogP contribution in [0.15, 0.2) is 4.79 Å². The second-order valence-corrected chi connectivity index (χ2v) is 5.79. The van der Waals surface area contributed by atoms with Gasteiger partial charge in [-0.1, -0.05) is 13.8 Å². The van der Waals surface area contributed by atoms with Gasteiger partial charge in [-0.2, -0.15) is 11.8 Å². The minimum absolute atomic E-state index is 0.0471. The average molecular weight is 239 g/mol. The van der Waals surface area contributed by atoms with Gasteiger partial charge in [-0.05, 0) is 18.2 Å². The van der Waals surface area contributed by atoms with Crippen LogP contribution in [0.3, 0.4) is 0 Å². The highest BCUT2D eigenvalue weighted by atomic mass is 32.2. The summed E-state index contributed by atoms with van der Waals surface area (Å²) in [6.07, 6.45) is 0.787. The number of aromatic amines is 1. The predicted octanol–water partition coefficient (Wildman–Crippen LogP) is 1.06. The molecule has 5 heteroatoms. The van der Waals surface area contributed by atoms with Crippen LogP contribution in [0.5, 0.6) is 0 Å². The third-order valence-electron chi connectivity index (χ3n) is 2.55. The van der Waals surface area contributed by atoms with Crippen LogP contribution in [0.1, 0.15) is 30.9 Å². The van der Waals surface area contributed by atoms with E-state index in [1.807, 2.05) is 0 Å². The Morgan fingerprint density at radius 1 is 1.50 bits per heavy atom. The number of fused-ring (bicyclic) bond motifs is 1. The van der Waals surface area contributed by atoms with E-state index in [0.717, 1.165) is 42.3 Å². The van der Waals surface area contributed by atoms with Crippen molar-refractivity contribution in [2.45, 2.75) is 37.8 Å². The number of thioether (sulfide) groups is 1. The maximum atomic E-state index is 11.8. The number of hydrogen-bond donors (Lipinski definition) is 2. The molecule has 4 nitrogen and oxygen atoms in total. The van der Waals surface area contributed by atoms with Crippen molar-refractivity contribution in [1.82, 2.24) is 15.3 Å². The highest BCUT2D eigenvalue weighted by molar-refractivity contribution is 7.99. The lowest BCUT2D eigenvalue weighted by Crippen LogP contribution is -2.31. The van der Waals surface area contributed by atoms with E-state index in [4.69, 9.17) is 0 Å². The molecule has 16 heavy (non-hydrogen) atoms. The van der Waals surface area contributed by atoms with E-state index in [-0.39, 0.29) is 5.56 Å². The van der Waals surface area contributed by atoms with Crippen molar-refractivity contribution in [3.05, 3.63) is 27.4 Å². The molecule has 0 bridgehead atoms. The lowest BCUT2D eigenvalue weighted by Gasteiger charge is -2.16. The van der Waals surface area contributed by atoms with Gasteiger partial charge in [0.2, 0.25) is 0 Å². The molecule has 0 aromatic carbocycles. The molecule has 0 unspecified atom stereocenters. The van der Waals surface area contributed by atoms with Crippen LogP contribution in [0, 0.1) is 0 Å². The van der Waals surface area contributed by atoms with Crippen LogP contribution in [0.2, 0.25) is 0 Å². The van der Waals surface area contributed by atoms with Gasteiger partial charge >= 0.3 is 0 Å². The number of H-pyrrole nitrogens is 1. The third kappa shape index (κ3) is 2.65. The van der Waals surface area contributed by atoms with Crippen molar-refractivity contribution in [2.75, 3.05) is 6.54 Å². The topological polar surface area (TPSA) is 57.8 Å². The predicted molar refractivity (Wildman–Crippen MR) is 66.7 cm³/mol. The monoisotopic (exact) mass is 239 g/mol. The molecule has 1 aliphatic rings. The number of rotatable bonds is 3. The minimum atomic E-state index is 0.0471. The van der Waals surface area contributed by atoms with Gasteiger partial charge in [0.15, 0.2) is 0 Å². The zero-order valence-electron chi connectivity index (χ0n) is 9.67. The van der Waals surface area contributed by atoms with Crippen molar-refractivity contribution in [2.24, 2.45) is 0 Å². The van der Waals surface area contributed by atoms with Crippen LogP contribution in [-0.2, 0) is 18.7 Å². The number of hydrogen-bond acceptors (Lipinski definition) is 4. The van der Waals surface area contributed by atoms with Gasteiger partial charge in [-0.15, -0.1) is 0 Å². The molecule has 0 saturated heterocycles. The molecule has 1 aromatic rings. The first-order chi connectivity index (χ1) is 7.66. The van der Waals surface area contributed by atoms with Crippen LogP contribution >= 0.6 is 11.8 Å². The Balaban J connectivity index is 2.22. The molecule has 2 rings (SSSR count). The standard InChI is InChI=1S/C11H17N3OS/c1-7(2)16-6-10-13-9-5-12-4-3-8(9)11(15)14-10/h7,12H,3-6H2,1-2H3,(H,13,14,15). The Kier molecular flexibility index (Phi) is 3.66. The molecular weight excluding hydrogens is 222 g/mol. The summed E-state index contributed by atoms with van der Waals surface area (Å²) in [6, 6.07) is 0. The zero-order chi connectivity index (χ0) is 11.5. The molecule has 0 aliphatic carbocycles. The first-order valence-corrected chi connectivity index (χ1v) is 6.65. The lowest BCUT2D eigenvalue weighted by atomic mass is 10.1. The Morgan fingerprint density at radius 3 is 3.06 bits per heavy atom. The summed E-state index contributed by atoms with van der Waals surface area (Å²) in [5.74, 6) is 1.58. The van der Waals surface area contributed by atoms with Gasteiger partial charge < -0.3 is 10.3 Å². The summed E-state index contributed by atoms with van der Waals surface area (Å²) in [5, 5.41) is 3.79. The van der Waals surface area contributed by atoms with Crippen molar-refractivity contribution < 1.29 is 0 Å².